The van der Waals surface area contributed by atoms with Crippen LogP contribution in [0.4, 0.5) is 0 Å². The summed E-state index contributed by atoms with van der Waals surface area (Å²) in [5.41, 5.74) is -0.0915. The van der Waals surface area contributed by atoms with Crippen LogP contribution in [0.1, 0.15) is 50.1 Å². The molecule has 1 aliphatic rings. The topological polar surface area (TPSA) is 62.7 Å². The van der Waals surface area contributed by atoms with Crippen molar-refractivity contribution in [3.05, 3.63) is 16.1 Å². The molecule has 134 valence electrons. The van der Waals surface area contributed by atoms with Crippen LogP contribution in [-0.2, 0) is 16.1 Å². The maximum atomic E-state index is 12.5. The monoisotopic (exact) mass is 353 g/mol. The van der Waals surface area contributed by atoms with Crippen molar-refractivity contribution in [3.63, 3.8) is 0 Å². The quantitative estimate of drug-likeness (QED) is 0.778. The smallest absolute Gasteiger partial charge is 0.311 e. The van der Waals surface area contributed by atoms with E-state index in [1.54, 1.807) is 5.38 Å². The number of hydrogen-bond donors (Lipinski definition) is 0. The molecule has 0 spiro atoms. The summed E-state index contributed by atoms with van der Waals surface area (Å²) in [6, 6.07) is 0.505. The van der Waals surface area contributed by atoms with Gasteiger partial charge in [-0.05, 0) is 34.6 Å². The zero-order valence-electron chi connectivity index (χ0n) is 15.2. The Morgan fingerprint density at radius 1 is 1.25 bits per heavy atom. The number of aromatic nitrogens is 1. The Hall–Kier alpha value is -1.47. The van der Waals surface area contributed by atoms with Gasteiger partial charge < -0.3 is 9.64 Å². The lowest BCUT2D eigenvalue weighted by Gasteiger charge is -2.36. The van der Waals surface area contributed by atoms with Gasteiger partial charge in [-0.3, -0.25) is 14.5 Å². The van der Waals surface area contributed by atoms with Gasteiger partial charge in [-0.1, -0.05) is 0 Å². The molecule has 1 aromatic heterocycles. The van der Waals surface area contributed by atoms with Crippen LogP contribution in [0.15, 0.2) is 5.38 Å². The molecule has 2 rings (SSSR count). The summed E-state index contributed by atoms with van der Waals surface area (Å²) in [7, 11) is 0. The zero-order valence-corrected chi connectivity index (χ0v) is 16.0. The molecule has 0 unspecified atom stereocenters. The van der Waals surface area contributed by atoms with E-state index < -0.39 is 5.41 Å². The van der Waals surface area contributed by atoms with Crippen molar-refractivity contribution < 1.29 is 14.3 Å². The van der Waals surface area contributed by atoms with Gasteiger partial charge in [0.15, 0.2) is 0 Å². The first-order chi connectivity index (χ1) is 11.2. The number of hydrogen-bond acceptors (Lipinski definition) is 6. The van der Waals surface area contributed by atoms with Gasteiger partial charge >= 0.3 is 5.97 Å². The van der Waals surface area contributed by atoms with Gasteiger partial charge in [0.2, 0.25) is 0 Å². The molecule has 0 aliphatic carbocycles. The lowest BCUT2D eigenvalue weighted by Crippen LogP contribution is -2.50. The van der Waals surface area contributed by atoms with Gasteiger partial charge in [-0.2, -0.15) is 0 Å². The lowest BCUT2D eigenvalue weighted by molar-refractivity contribution is -0.154. The van der Waals surface area contributed by atoms with E-state index in [4.69, 9.17) is 4.74 Å². The second-order valence-electron chi connectivity index (χ2n) is 7.37. The third-order valence-corrected chi connectivity index (χ3v) is 4.86. The number of carbonyl (C=O) groups excluding carboxylic acids is 2. The van der Waals surface area contributed by atoms with Crippen molar-refractivity contribution in [2.24, 2.45) is 5.41 Å². The zero-order chi connectivity index (χ0) is 17.9. The number of nitrogens with zero attached hydrogens (tertiary/aromatic N) is 3. The van der Waals surface area contributed by atoms with Crippen molar-refractivity contribution in [1.29, 1.82) is 0 Å². The first kappa shape index (κ1) is 18.9. The van der Waals surface area contributed by atoms with Gasteiger partial charge in [0.05, 0.1) is 5.41 Å². The first-order valence-corrected chi connectivity index (χ1v) is 9.21. The van der Waals surface area contributed by atoms with Crippen molar-refractivity contribution in [3.8, 4) is 0 Å². The molecule has 24 heavy (non-hydrogen) atoms. The van der Waals surface area contributed by atoms with E-state index in [0.717, 1.165) is 26.2 Å². The summed E-state index contributed by atoms with van der Waals surface area (Å²) in [5.74, 6) is -0.307. The summed E-state index contributed by atoms with van der Waals surface area (Å²) in [6.45, 7) is 13.1. The van der Waals surface area contributed by atoms with Crippen LogP contribution in [0.5, 0.6) is 0 Å². The molecule has 0 N–H and O–H groups in total. The summed E-state index contributed by atoms with van der Waals surface area (Å²) < 4.78 is 5.25. The number of rotatable bonds is 4. The molecule has 2 heterocycles. The van der Waals surface area contributed by atoms with E-state index in [2.05, 4.69) is 23.7 Å². The highest BCUT2D eigenvalue weighted by atomic mass is 32.1. The van der Waals surface area contributed by atoms with E-state index in [9.17, 15) is 9.59 Å². The highest BCUT2D eigenvalue weighted by molar-refractivity contribution is 7.09. The number of thiazole rings is 1. The van der Waals surface area contributed by atoms with Crippen LogP contribution < -0.4 is 0 Å². The van der Waals surface area contributed by atoms with Crippen LogP contribution in [0.3, 0.4) is 0 Å². The van der Waals surface area contributed by atoms with Gasteiger partial charge in [0.1, 0.15) is 17.3 Å². The van der Waals surface area contributed by atoms with Gasteiger partial charge in [-0.15, -0.1) is 11.3 Å². The molecule has 0 aromatic carbocycles. The molecular formula is C17H27N3O3S. The average molecular weight is 353 g/mol. The van der Waals surface area contributed by atoms with Crippen LogP contribution >= 0.6 is 11.3 Å². The van der Waals surface area contributed by atoms with Crippen molar-refractivity contribution >= 4 is 23.2 Å². The molecule has 1 saturated heterocycles. The first-order valence-electron chi connectivity index (χ1n) is 8.33. The van der Waals surface area contributed by atoms with E-state index in [1.165, 1.54) is 11.3 Å². The fraction of sp³-hybridized carbons (Fsp3) is 0.706. The number of esters is 1. The molecule has 1 aromatic rings. The van der Waals surface area contributed by atoms with E-state index in [0.29, 0.717) is 16.7 Å². The highest BCUT2D eigenvalue weighted by Crippen LogP contribution is 2.19. The van der Waals surface area contributed by atoms with Gasteiger partial charge in [0, 0.05) is 37.6 Å². The third kappa shape index (κ3) is 4.77. The number of carbonyl (C=O) groups is 2. The summed E-state index contributed by atoms with van der Waals surface area (Å²) >= 11 is 1.35. The third-order valence-electron chi connectivity index (χ3n) is 4.04. The van der Waals surface area contributed by atoms with Crippen molar-refractivity contribution in [2.45, 2.75) is 47.3 Å². The van der Waals surface area contributed by atoms with E-state index in [-0.39, 0.29) is 18.5 Å². The van der Waals surface area contributed by atoms with Crippen LogP contribution in [0.25, 0.3) is 0 Å². The van der Waals surface area contributed by atoms with E-state index >= 15 is 0 Å². The Bertz CT molecular complexity index is 584. The molecule has 7 heteroatoms. The summed E-state index contributed by atoms with van der Waals surface area (Å²) in [6.07, 6.45) is 0. The van der Waals surface area contributed by atoms with Gasteiger partial charge in [-0.25, -0.2) is 4.98 Å². The normalized spacial score (nSPS) is 16.5. The Morgan fingerprint density at radius 3 is 2.42 bits per heavy atom. The highest BCUT2D eigenvalue weighted by Gasteiger charge is 2.26. The molecule has 1 aliphatic heterocycles. The fourth-order valence-electron chi connectivity index (χ4n) is 2.42. The minimum atomic E-state index is -0.536. The van der Waals surface area contributed by atoms with E-state index in [1.807, 2.05) is 25.7 Å². The Labute approximate surface area is 147 Å². The predicted molar refractivity (Wildman–Crippen MR) is 94.0 cm³/mol. The maximum absolute atomic E-state index is 12.5. The largest absolute Gasteiger partial charge is 0.458 e. The maximum Gasteiger partial charge on any atom is 0.311 e. The predicted octanol–water partition coefficient (Wildman–Crippen LogP) is 2.40. The second-order valence-corrected chi connectivity index (χ2v) is 8.32. The van der Waals surface area contributed by atoms with Crippen LogP contribution in [-0.4, -0.2) is 58.9 Å². The number of ether oxygens (including phenoxy) is 1. The minimum absolute atomic E-state index is 0.0388. The summed E-state index contributed by atoms with van der Waals surface area (Å²) in [4.78, 5) is 32.9. The number of amides is 1. The van der Waals surface area contributed by atoms with Crippen molar-refractivity contribution in [1.82, 2.24) is 14.8 Å². The molecule has 6 nitrogen and oxygen atoms in total. The Balaban J connectivity index is 1.89. The second kappa shape index (κ2) is 7.61. The molecule has 1 fully saturated rings. The number of piperazine rings is 1. The molecule has 0 radical (unpaired) electrons. The van der Waals surface area contributed by atoms with Crippen molar-refractivity contribution in [2.75, 3.05) is 26.2 Å². The minimum Gasteiger partial charge on any atom is -0.458 e. The lowest BCUT2D eigenvalue weighted by atomic mass is 9.97. The molecule has 0 saturated carbocycles. The molecule has 1 amide bonds. The average Bonchev–Trinajstić information content (AvgIpc) is 3.00. The SMILES string of the molecule is CC(C)N1CCN(C(=O)c2csc(COC(=O)C(C)(C)C)n2)CC1. The molecule has 0 bridgehead atoms. The Kier molecular flexibility index (Phi) is 5.98. The fourth-order valence-corrected chi connectivity index (χ4v) is 3.10. The molecule has 0 atom stereocenters. The van der Waals surface area contributed by atoms with Crippen LogP contribution in [0.2, 0.25) is 0 Å². The van der Waals surface area contributed by atoms with Gasteiger partial charge in [0.25, 0.3) is 5.91 Å². The molecular weight excluding hydrogens is 326 g/mol. The standard InChI is InChI=1S/C17H27N3O3S/c1-12(2)19-6-8-20(9-7-19)15(21)13-11-24-14(18-13)10-23-16(22)17(3,4)5/h11-12H,6-10H2,1-5H3. The van der Waals surface area contributed by atoms with Crippen LogP contribution in [0, 0.1) is 5.41 Å². The Morgan fingerprint density at radius 2 is 1.88 bits per heavy atom. The summed E-state index contributed by atoms with van der Waals surface area (Å²) in [5, 5.41) is 2.40.